The van der Waals surface area contributed by atoms with Crippen LogP contribution in [0.25, 0.3) is 0 Å². The van der Waals surface area contributed by atoms with Crippen LogP contribution in [0.3, 0.4) is 0 Å². The van der Waals surface area contributed by atoms with E-state index in [-0.39, 0.29) is 24.4 Å². The Balaban J connectivity index is 1.45. The summed E-state index contributed by atoms with van der Waals surface area (Å²) in [5, 5.41) is 19.8. The average Bonchev–Trinajstić information content (AvgIpc) is 2.69. The molecule has 3 saturated carbocycles. The van der Waals surface area contributed by atoms with E-state index in [1.165, 1.54) is 0 Å². The van der Waals surface area contributed by atoms with Crippen LogP contribution in [0, 0.1) is 34.5 Å². The van der Waals surface area contributed by atoms with Crippen molar-refractivity contribution in [2.75, 3.05) is 0 Å². The molecule has 0 N–H and O–H groups in total. The summed E-state index contributed by atoms with van der Waals surface area (Å²) in [5.74, 6) is -0.888. The maximum absolute atomic E-state index is 9.92. The highest BCUT2D eigenvalue weighted by Gasteiger charge is 2.60. The number of ether oxygens (including phenoxy) is 4. The van der Waals surface area contributed by atoms with Crippen molar-refractivity contribution in [3.05, 3.63) is 0 Å². The fourth-order valence-electron chi connectivity index (χ4n) is 5.69. The predicted octanol–water partition coefficient (Wildman–Crippen LogP) is 2.47. The summed E-state index contributed by atoms with van der Waals surface area (Å²) in [6.45, 7) is 0. The van der Waals surface area contributed by atoms with Gasteiger partial charge in [-0.25, -0.2) is 0 Å². The van der Waals surface area contributed by atoms with Gasteiger partial charge in [0.15, 0.2) is 0 Å². The van der Waals surface area contributed by atoms with Gasteiger partial charge in [-0.05, 0) is 25.7 Å². The first kappa shape index (κ1) is 17.0. The summed E-state index contributed by atoms with van der Waals surface area (Å²) in [4.78, 5) is 0. The van der Waals surface area contributed by atoms with Crippen LogP contribution < -0.4 is 0 Å². The predicted molar refractivity (Wildman–Crippen MR) is 89.8 cm³/mol. The van der Waals surface area contributed by atoms with Crippen molar-refractivity contribution in [1.82, 2.24) is 0 Å². The zero-order valence-corrected chi connectivity index (χ0v) is 15.0. The minimum absolute atomic E-state index is 0.0451. The molecule has 5 fully saturated rings. The minimum Gasteiger partial charge on any atom is -0.368 e. The Morgan fingerprint density at radius 2 is 0.769 bits per heavy atom. The van der Waals surface area contributed by atoms with E-state index in [9.17, 15) is 10.5 Å². The first-order valence-electron chi connectivity index (χ1n) is 10.2. The van der Waals surface area contributed by atoms with E-state index < -0.39 is 36.3 Å². The Kier molecular flexibility index (Phi) is 4.41. The molecule has 6 nitrogen and oxygen atoms in total. The molecule has 0 bridgehead atoms. The van der Waals surface area contributed by atoms with Crippen LogP contribution in [-0.4, -0.2) is 48.8 Å². The van der Waals surface area contributed by atoms with Crippen LogP contribution in [-0.2, 0) is 18.9 Å². The third kappa shape index (κ3) is 2.59. The molecule has 0 aromatic heterocycles. The smallest absolute Gasteiger partial charge is 0.104 e. The second-order valence-corrected chi connectivity index (χ2v) is 8.44. The highest BCUT2D eigenvalue weighted by atomic mass is 16.6. The molecule has 3 aliphatic carbocycles. The third-order valence-corrected chi connectivity index (χ3v) is 6.97. The van der Waals surface area contributed by atoms with Gasteiger partial charge in [0, 0.05) is 0 Å². The second-order valence-electron chi connectivity index (χ2n) is 8.44. The van der Waals surface area contributed by atoms with Gasteiger partial charge in [-0.1, -0.05) is 25.7 Å². The largest absolute Gasteiger partial charge is 0.368 e. The molecular formula is C20H26N2O4. The van der Waals surface area contributed by atoms with Gasteiger partial charge in [0.2, 0.25) is 0 Å². The van der Waals surface area contributed by atoms with Crippen LogP contribution in [0.2, 0.25) is 0 Å². The Labute approximate surface area is 154 Å². The van der Waals surface area contributed by atoms with Crippen molar-refractivity contribution < 1.29 is 18.9 Å². The van der Waals surface area contributed by atoms with Crippen LogP contribution >= 0.6 is 0 Å². The van der Waals surface area contributed by atoms with Crippen molar-refractivity contribution >= 4 is 0 Å². The molecule has 0 aromatic rings. The quantitative estimate of drug-likeness (QED) is 0.661. The number of fused-ring (bicyclic) bond motifs is 4. The molecule has 2 aliphatic heterocycles. The lowest BCUT2D eigenvalue weighted by Crippen LogP contribution is -2.68. The molecule has 0 aromatic carbocycles. The van der Waals surface area contributed by atoms with Gasteiger partial charge in [-0.3, -0.25) is 0 Å². The molecule has 6 heteroatoms. The van der Waals surface area contributed by atoms with E-state index >= 15 is 0 Å². The lowest BCUT2D eigenvalue weighted by Gasteiger charge is -2.56. The van der Waals surface area contributed by atoms with Gasteiger partial charge < -0.3 is 18.9 Å². The molecule has 0 amide bonds. The van der Waals surface area contributed by atoms with E-state index in [1.807, 2.05) is 0 Å². The molecule has 0 spiro atoms. The molecule has 5 rings (SSSR count). The average molecular weight is 358 g/mol. The van der Waals surface area contributed by atoms with E-state index in [0.717, 1.165) is 51.4 Å². The number of nitriles is 2. The monoisotopic (exact) mass is 358 g/mol. The molecular weight excluding hydrogens is 332 g/mol. The number of nitrogens with zero attached hydrogens (tertiary/aromatic N) is 2. The minimum atomic E-state index is -0.444. The zero-order valence-electron chi connectivity index (χ0n) is 15.0. The first-order chi connectivity index (χ1) is 12.8. The summed E-state index contributed by atoms with van der Waals surface area (Å²) in [6.07, 6.45) is 7.03. The molecule has 8 atom stereocenters. The molecule has 140 valence electrons. The summed E-state index contributed by atoms with van der Waals surface area (Å²) < 4.78 is 25.5. The van der Waals surface area contributed by atoms with Crippen molar-refractivity contribution in [2.45, 2.75) is 100 Å². The van der Waals surface area contributed by atoms with Crippen molar-refractivity contribution in [3.8, 4) is 12.1 Å². The number of rotatable bonds is 0. The van der Waals surface area contributed by atoms with Gasteiger partial charge in [0.05, 0.1) is 36.6 Å². The molecule has 26 heavy (non-hydrogen) atoms. The fraction of sp³-hybridized carbons (Fsp3) is 0.900. The van der Waals surface area contributed by atoms with E-state index in [4.69, 9.17) is 18.9 Å². The Hall–Kier alpha value is -1.18. The molecule has 8 unspecified atom stereocenters. The molecule has 2 heterocycles. The standard InChI is InChI=1S/C20H26N2O4/c21-9-11-17-18(24-14-6-2-1-5-13(14)23-17)12(10-22)20-19(11)25-15-7-3-4-8-16(15)26-20/h11-20H,1-8H2. The number of hydrogen-bond acceptors (Lipinski definition) is 6. The normalized spacial score (nSPS) is 53.0. The van der Waals surface area contributed by atoms with E-state index in [0.29, 0.717) is 0 Å². The molecule has 0 radical (unpaired) electrons. The maximum Gasteiger partial charge on any atom is 0.104 e. The summed E-state index contributed by atoms with van der Waals surface area (Å²) in [5.41, 5.74) is 0. The summed E-state index contributed by atoms with van der Waals surface area (Å²) >= 11 is 0. The maximum atomic E-state index is 9.92. The highest BCUT2D eigenvalue weighted by molar-refractivity contribution is 5.16. The summed E-state index contributed by atoms with van der Waals surface area (Å²) in [7, 11) is 0. The van der Waals surface area contributed by atoms with Gasteiger partial charge in [0.1, 0.15) is 36.3 Å². The Morgan fingerprint density at radius 1 is 0.500 bits per heavy atom. The topological polar surface area (TPSA) is 84.5 Å². The Morgan fingerprint density at radius 3 is 1.00 bits per heavy atom. The number of hydrogen-bond donors (Lipinski definition) is 0. The van der Waals surface area contributed by atoms with Crippen molar-refractivity contribution in [2.24, 2.45) is 11.8 Å². The van der Waals surface area contributed by atoms with E-state index in [2.05, 4.69) is 12.1 Å². The zero-order chi connectivity index (χ0) is 17.7. The highest BCUT2D eigenvalue weighted by Crippen LogP contribution is 2.47. The van der Waals surface area contributed by atoms with Crippen molar-refractivity contribution in [1.29, 1.82) is 10.5 Å². The van der Waals surface area contributed by atoms with Crippen LogP contribution in [0.4, 0.5) is 0 Å². The molecule has 5 aliphatic rings. The Bertz CT molecular complexity index is 534. The van der Waals surface area contributed by atoms with Crippen LogP contribution in [0.15, 0.2) is 0 Å². The SMILES string of the molecule is N#CC1C2OC3CCCCC3OC2C(C#N)C2OC3CCCCC3OC12. The van der Waals surface area contributed by atoms with Crippen LogP contribution in [0.5, 0.6) is 0 Å². The fourth-order valence-corrected chi connectivity index (χ4v) is 5.69. The van der Waals surface area contributed by atoms with Gasteiger partial charge in [-0.15, -0.1) is 0 Å². The van der Waals surface area contributed by atoms with Crippen molar-refractivity contribution in [3.63, 3.8) is 0 Å². The van der Waals surface area contributed by atoms with Gasteiger partial charge in [-0.2, -0.15) is 10.5 Å². The first-order valence-corrected chi connectivity index (χ1v) is 10.2. The lowest BCUT2D eigenvalue weighted by atomic mass is 9.72. The van der Waals surface area contributed by atoms with E-state index in [1.54, 1.807) is 0 Å². The van der Waals surface area contributed by atoms with Crippen LogP contribution in [0.1, 0.15) is 51.4 Å². The molecule has 2 saturated heterocycles. The van der Waals surface area contributed by atoms with Gasteiger partial charge >= 0.3 is 0 Å². The lowest BCUT2D eigenvalue weighted by molar-refractivity contribution is -0.325. The van der Waals surface area contributed by atoms with Gasteiger partial charge in [0.25, 0.3) is 0 Å². The summed E-state index contributed by atoms with van der Waals surface area (Å²) in [6, 6.07) is 4.84. The third-order valence-electron chi connectivity index (χ3n) is 6.97. The second kappa shape index (κ2) is 6.77.